The molecule has 84 valence electrons. The van der Waals surface area contributed by atoms with Crippen LogP contribution >= 0.6 is 15.9 Å². The topological polar surface area (TPSA) is 25.4 Å². The fourth-order valence-corrected chi connectivity index (χ4v) is 1.41. The zero-order valence-electron chi connectivity index (χ0n) is 9.46. The third kappa shape index (κ3) is 3.80. The monoisotopic (exact) mass is 272 g/mol. The van der Waals surface area contributed by atoms with Gasteiger partial charge in [-0.25, -0.2) is 4.98 Å². The van der Waals surface area contributed by atoms with Gasteiger partial charge in [0.25, 0.3) is 0 Å². The van der Waals surface area contributed by atoms with Crippen LogP contribution in [0.2, 0.25) is 0 Å². The molecule has 15 heavy (non-hydrogen) atoms. The summed E-state index contributed by atoms with van der Waals surface area (Å²) >= 11 is 3.44. The normalized spacial score (nSPS) is 10.4. The molecule has 4 heteroatoms. The largest absolute Gasteiger partial charge is 0.380 e. The summed E-state index contributed by atoms with van der Waals surface area (Å²) in [5.74, 6) is 0.982. The lowest BCUT2D eigenvalue weighted by Crippen LogP contribution is -2.23. The molecule has 0 bridgehead atoms. The number of halogens is 1. The molecular weight excluding hydrogens is 256 g/mol. The molecule has 0 atom stereocenters. The maximum atomic E-state index is 5.30. The van der Waals surface area contributed by atoms with Crippen molar-refractivity contribution in [2.24, 2.45) is 0 Å². The zero-order chi connectivity index (χ0) is 11.3. The highest BCUT2D eigenvalue weighted by Crippen LogP contribution is 2.18. The highest BCUT2D eigenvalue weighted by atomic mass is 79.9. The summed E-state index contributed by atoms with van der Waals surface area (Å²) in [6, 6.07) is 2.07. The van der Waals surface area contributed by atoms with Crippen molar-refractivity contribution >= 4 is 21.7 Å². The highest BCUT2D eigenvalue weighted by Gasteiger charge is 2.03. The van der Waals surface area contributed by atoms with Crippen LogP contribution in [0.1, 0.15) is 12.5 Å². The first kappa shape index (κ1) is 12.5. The van der Waals surface area contributed by atoms with Gasteiger partial charge in [-0.05, 0) is 41.4 Å². The minimum absolute atomic E-state index is 0.740. The third-order valence-corrected chi connectivity index (χ3v) is 3.03. The van der Waals surface area contributed by atoms with E-state index in [2.05, 4.69) is 38.8 Å². The Kier molecular flexibility index (Phi) is 5.05. The van der Waals surface area contributed by atoms with E-state index < -0.39 is 0 Å². The zero-order valence-corrected chi connectivity index (χ0v) is 11.0. The van der Waals surface area contributed by atoms with Crippen molar-refractivity contribution in [3.8, 4) is 0 Å². The summed E-state index contributed by atoms with van der Waals surface area (Å²) in [6.07, 6.45) is 1.84. The molecule has 0 fully saturated rings. The predicted octanol–water partition coefficient (Wildman–Crippen LogP) is 2.63. The van der Waals surface area contributed by atoms with Crippen molar-refractivity contribution in [3.63, 3.8) is 0 Å². The van der Waals surface area contributed by atoms with Crippen LogP contribution in [-0.2, 0) is 4.74 Å². The second-order valence-electron chi connectivity index (χ2n) is 3.41. The maximum Gasteiger partial charge on any atom is 0.128 e. The van der Waals surface area contributed by atoms with Crippen molar-refractivity contribution in [3.05, 3.63) is 22.3 Å². The van der Waals surface area contributed by atoms with E-state index in [-0.39, 0.29) is 0 Å². The maximum absolute atomic E-state index is 5.30. The quantitative estimate of drug-likeness (QED) is 0.771. The Hall–Kier alpha value is -0.610. The lowest BCUT2D eigenvalue weighted by molar-refractivity contribution is 0.154. The van der Waals surface area contributed by atoms with Crippen molar-refractivity contribution in [2.75, 3.05) is 31.7 Å². The van der Waals surface area contributed by atoms with Gasteiger partial charge in [0.2, 0.25) is 0 Å². The molecule has 0 amide bonds. The van der Waals surface area contributed by atoms with Crippen molar-refractivity contribution in [2.45, 2.75) is 13.8 Å². The van der Waals surface area contributed by atoms with Gasteiger partial charge in [-0.2, -0.15) is 0 Å². The van der Waals surface area contributed by atoms with E-state index in [1.165, 1.54) is 5.56 Å². The first-order valence-corrected chi connectivity index (χ1v) is 5.85. The Morgan fingerprint density at radius 2 is 2.27 bits per heavy atom. The fourth-order valence-electron chi connectivity index (χ4n) is 1.19. The molecule has 1 rings (SSSR count). The van der Waals surface area contributed by atoms with E-state index in [0.717, 1.165) is 30.0 Å². The second kappa shape index (κ2) is 6.08. The number of anilines is 1. The average molecular weight is 273 g/mol. The summed E-state index contributed by atoms with van der Waals surface area (Å²) < 4.78 is 6.35. The Labute approximate surface area is 99.6 Å². The molecular formula is C11H17BrN2O. The van der Waals surface area contributed by atoms with Gasteiger partial charge in [-0.1, -0.05) is 0 Å². The molecule has 1 aromatic rings. The van der Waals surface area contributed by atoms with Crippen LogP contribution in [0.5, 0.6) is 0 Å². The number of likely N-dealkylation sites (N-methyl/N-ethyl adjacent to an activating group) is 1. The molecule has 3 nitrogen and oxygen atoms in total. The molecule has 0 saturated carbocycles. The van der Waals surface area contributed by atoms with Crippen molar-refractivity contribution in [1.82, 2.24) is 4.98 Å². The SMILES string of the molecule is CCOCCN(C)c1cc(C)c(Br)cn1. The third-order valence-electron chi connectivity index (χ3n) is 2.20. The first-order valence-electron chi connectivity index (χ1n) is 5.06. The van der Waals surface area contributed by atoms with Gasteiger partial charge in [0.1, 0.15) is 5.82 Å². The number of ether oxygens (including phenoxy) is 1. The molecule has 1 aromatic heterocycles. The van der Waals surface area contributed by atoms with Gasteiger partial charge in [0.05, 0.1) is 6.61 Å². The van der Waals surface area contributed by atoms with Gasteiger partial charge in [0.15, 0.2) is 0 Å². The van der Waals surface area contributed by atoms with E-state index in [1.54, 1.807) is 0 Å². The number of hydrogen-bond donors (Lipinski definition) is 0. The van der Waals surface area contributed by atoms with E-state index in [9.17, 15) is 0 Å². The molecule has 0 spiro atoms. The van der Waals surface area contributed by atoms with E-state index in [1.807, 2.05) is 20.2 Å². The Balaban J connectivity index is 2.57. The number of pyridine rings is 1. The Morgan fingerprint density at radius 3 is 2.87 bits per heavy atom. The Morgan fingerprint density at radius 1 is 1.53 bits per heavy atom. The van der Waals surface area contributed by atoms with Gasteiger partial charge in [0, 0.05) is 30.9 Å². The molecule has 1 heterocycles. The summed E-state index contributed by atoms with van der Waals surface area (Å²) in [7, 11) is 2.02. The van der Waals surface area contributed by atoms with Crippen LogP contribution in [0.25, 0.3) is 0 Å². The van der Waals surface area contributed by atoms with E-state index >= 15 is 0 Å². The molecule has 0 aliphatic rings. The van der Waals surface area contributed by atoms with Crippen molar-refractivity contribution in [1.29, 1.82) is 0 Å². The van der Waals surface area contributed by atoms with Gasteiger partial charge < -0.3 is 9.64 Å². The fraction of sp³-hybridized carbons (Fsp3) is 0.545. The predicted molar refractivity (Wildman–Crippen MR) is 66.4 cm³/mol. The lowest BCUT2D eigenvalue weighted by atomic mass is 10.3. The standard InChI is InChI=1S/C11H17BrN2O/c1-4-15-6-5-14(3)11-7-9(2)10(12)8-13-11/h7-8H,4-6H2,1-3H3. The van der Waals surface area contributed by atoms with Crippen LogP contribution in [0.3, 0.4) is 0 Å². The van der Waals surface area contributed by atoms with E-state index in [0.29, 0.717) is 0 Å². The molecule has 0 N–H and O–H groups in total. The smallest absolute Gasteiger partial charge is 0.128 e. The van der Waals surface area contributed by atoms with Crippen LogP contribution in [0.15, 0.2) is 16.7 Å². The highest BCUT2D eigenvalue weighted by molar-refractivity contribution is 9.10. The average Bonchev–Trinajstić information content (AvgIpc) is 2.22. The summed E-state index contributed by atoms with van der Waals surface area (Å²) in [5, 5.41) is 0. The van der Waals surface area contributed by atoms with Gasteiger partial charge in [-0.15, -0.1) is 0 Å². The molecule has 0 radical (unpaired) electrons. The van der Waals surface area contributed by atoms with Crippen molar-refractivity contribution < 1.29 is 4.74 Å². The summed E-state index contributed by atoms with van der Waals surface area (Å²) in [6.45, 7) is 6.43. The molecule has 0 saturated heterocycles. The van der Waals surface area contributed by atoms with E-state index in [4.69, 9.17) is 4.74 Å². The molecule has 0 aliphatic carbocycles. The number of aromatic nitrogens is 1. The minimum Gasteiger partial charge on any atom is -0.380 e. The molecule has 0 aromatic carbocycles. The number of rotatable bonds is 5. The second-order valence-corrected chi connectivity index (χ2v) is 4.26. The van der Waals surface area contributed by atoms with Crippen LogP contribution in [0, 0.1) is 6.92 Å². The number of nitrogens with zero attached hydrogens (tertiary/aromatic N) is 2. The lowest BCUT2D eigenvalue weighted by Gasteiger charge is -2.18. The van der Waals surface area contributed by atoms with Gasteiger partial charge >= 0.3 is 0 Å². The summed E-state index contributed by atoms with van der Waals surface area (Å²) in [4.78, 5) is 6.43. The molecule has 0 unspecified atom stereocenters. The minimum atomic E-state index is 0.740. The van der Waals surface area contributed by atoms with Crippen LogP contribution in [-0.4, -0.2) is 31.8 Å². The summed E-state index contributed by atoms with van der Waals surface area (Å²) in [5.41, 5.74) is 1.20. The van der Waals surface area contributed by atoms with Crippen LogP contribution in [0.4, 0.5) is 5.82 Å². The number of hydrogen-bond acceptors (Lipinski definition) is 3. The first-order chi connectivity index (χ1) is 7.15. The number of aryl methyl sites for hydroxylation is 1. The Bertz CT molecular complexity index is 317. The van der Waals surface area contributed by atoms with Gasteiger partial charge in [-0.3, -0.25) is 0 Å². The molecule has 0 aliphatic heterocycles. The van der Waals surface area contributed by atoms with Crippen LogP contribution < -0.4 is 4.90 Å².